The Morgan fingerprint density at radius 1 is 1.07 bits per heavy atom. The number of carbonyl (C=O) groups is 1. The van der Waals surface area contributed by atoms with Crippen molar-refractivity contribution in [3.05, 3.63) is 83.4 Å². The van der Waals surface area contributed by atoms with E-state index in [1.54, 1.807) is 23.9 Å². The number of anilines is 2. The molecular formula is C30H29ClN6O3S. The number of pyridine rings is 1. The number of benzene rings is 2. The molecule has 5 aromatic rings. The largest absolute Gasteiger partial charge is 0.486 e. The number of hydrogen-bond acceptors (Lipinski definition) is 9. The average molecular weight is 589 g/mol. The molecule has 1 fully saturated rings. The zero-order chi connectivity index (χ0) is 28.0. The van der Waals surface area contributed by atoms with Crippen LogP contribution < -0.4 is 15.4 Å². The van der Waals surface area contributed by atoms with Gasteiger partial charge in [0.25, 0.3) is 0 Å². The summed E-state index contributed by atoms with van der Waals surface area (Å²) >= 11 is 8.11. The van der Waals surface area contributed by atoms with E-state index in [1.807, 2.05) is 48.5 Å². The lowest BCUT2D eigenvalue weighted by atomic mass is 10.1. The number of nitrogens with zero attached hydrogens (tertiary/aromatic N) is 4. The number of thiophene rings is 1. The second-order valence-electron chi connectivity index (χ2n) is 9.70. The molecule has 1 aliphatic rings. The highest BCUT2D eigenvalue weighted by Crippen LogP contribution is 2.38. The summed E-state index contributed by atoms with van der Waals surface area (Å²) in [5.74, 6) is 1.28. The van der Waals surface area contributed by atoms with Crippen molar-refractivity contribution in [2.45, 2.75) is 13.0 Å². The van der Waals surface area contributed by atoms with Gasteiger partial charge in [0, 0.05) is 48.1 Å². The van der Waals surface area contributed by atoms with Crippen LogP contribution in [-0.4, -0.2) is 65.2 Å². The molecule has 41 heavy (non-hydrogen) atoms. The van der Waals surface area contributed by atoms with Gasteiger partial charge >= 0.3 is 0 Å². The summed E-state index contributed by atoms with van der Waals surface area (Å²) in [7, 11) is 0. The normalized spacial score (nSPS) is 13.9. The smallest absolute Gasteiger partial charge is 0.224 e. The molecule has 2 N–H and O–H groups in total. The van der Waals surface area contributed by atoms with Gasteiger partial charge in [-0.1, -0.05) is 29.8 Å². The lowest BCUT2D eigenvalue weighted by Gasteiger charge is -2.26. The Balaban J connectivity index is 1.13. The molecule has 0 unspecified atom stereocenters. The minimum absolute atomic E-state index is 0.0187. The second kappa shape index (κ2) is 12.8. The highest BCUT2D eigenvalue weighted by Gasteiger charge is 2.15. The number of aromatic nitrogens is 3. The lowest BCUT2D eigenvalue weighted by molar-refractivity contribution is -0.120. The van der Waals surface area contributed by atoms with Gasteiger partial charge in [-0.3, -0.25) is 14.7 Å². The maximum atomic E-state index is 12.6. The standard InChI is InChI=1S/C30H29ClN6O3S/c31-24-17-21(5-7-25(24)40-18-22-3-1-2-8-32-22)36-29-28-23-6-4-20(15-26(23)41-30(28)35-19-34-29)16-27(38)33-9-10-37-11-13-39-14-12-37/h1-8,15,17,19H,9-14,16,18H2,(H,33,38)(H,34,35,36). The van der Waals surface area contributed by atoms with Crippen LogP contribution in [0.3, 0.4) is 0 Å². The quantitative estimate of drug-likeness (QED) is 0.229. The first-order chi connectivity index (χ1) is 20.1. The van der Waals surface area contributed by atoms with Crippen LogP contribution in [0.2, 0.25) is 5.02 Å². The van der Waals surface area contributed by atoms with E-state index in [2.05, 4.69) is 36.6 Å². The molecule has 0 aliphatic carbocycles. The molecule has 11 heteroatoms. The molecule has 4 heterocycles. The number of carbonyl (C=O) groups excluding carboxylic acids is 1. The van der Waals surface area contributed by atoms with Crippen LogP contribution in [0.25, 0.3) is 20.3 Å². The Labute approximate surface area is 246 Å². The van der Waals surface area contributed by atoms with Gasteiger partial charge in [0.1, 0.15) is 29.3 Å². The van der Waals surface area contributed by atoms with Crippen LogP contribution >= 0.6 is 22.9 Å². The molecular weight excluding hydrogens is 560 g/mol. The van der Waals surface area contributed by atoms with Crippen molar-refractivity contribution in [3.8, 4) is 5.75 Å². The molecule has 1 saturated heterocycles. The topological polar surface area (TPSA) is 102 Å². The van der Waals surface area contributed by atoms with Crippen LogP contribution in [0.15, 0.2) is 67.1 Å². The van der Waals surface area contributed by atoms with E-state index >= 15 is 0 Å². The van der Waals surface area contributed by atoms with Crippen LogP contribution in [0.5, 0.6) is 5.75 Å². The second-order valence-corrected chi connectivity index (χ2v) is 11.1. The molecule has 210 valence electrons. The number of nitrogens with one attached hydrogen (secondary N) is 2. The summed E-state index contributed by atoms with van der Waals surface area (Å²) in [6.45, 7) is 5.15. The first-order valence-corrected chi connectivity index (χ1v) is 14.6. The maximum absolute atomic E-state index is 12.6. The van der Waals surface area contributed by atoms with Gasteiger partial charge in [-0.05, 0) is 42.0 Å². The van der Waals surface area contributed by atoms with Crippen molar-refractivity contribution in [2.24, 2.45) is 0 Å². The van der Waals surface area contributed by atoms with Gasteiger partial charge in [0.15, 0.2) is 0 Å². The molecule has 0 spiro atoms. The number of morpholine rings is 1. The Kier molecular flexibility index (Phi) is 8.52. The molecule has 9 nitrogen and oxygen atoms in total. The van der Waals surface area contributed by atoms with Crippen LogP contribution in [0.1, 0.15) is 11.3 Å². The predicted molar refractivity (Wildman–Crippen MR) is 162 cm³/mol. The summed E-state index contributed by atoms with van der Waals surface area (Å²) in [4.78, 5) is 29.0. The fraction of sp³-hybridized carbons (Fsp3) is 0.267. The van der Waals surface area contributed by atoms with Gasteiger partial charge in [0.05, 0.1) is 35.7 Å². The minimum atomic E-state index is 0.0187. The highest BCUT2D eigenvalue weighted by atomic mass is 35.5. The first-order valence-electron chi connectivity index (χ1n) is 13.4. The van der Waals surface area contributed by atoms with E-state index in [1.165, 1.54) is 0 Å². The summed E-state index contributed by atoms with van der Waals surface area (Å²) in [5, 5.41) is 8.88. The third kappa shape index (κ3) is 6.74. The molecule has 0 saturated carbocycles. The van der Waals surface area contributed by atoms with Crippen LogP contribution in [-0.2, 0) is 22.6 Å². The van der Waals surface area contributed by atoms with E-state index in [9.17, 15) is 4.79 Å². The molecule has 2 aromatic carbocycles. The third-order valence-corrected chi connectivity index (χ3v) is 8.21. The van der Waals surface area contributed by atoms with Crippen LogP contribution in [0, 0.1) is 0 Å². The number of ether oxygens (including phenoxy) is 2. The molecule has 1 amide bonds. The number of halogens is 1. The summed E-state index contributed by atoms with van der Waals surface area (Å²) in [5.41, 5.74) is 2.57. The van der Waals surface area contributed by atoms with Gasteiger partial charge < -0.3 is 20.1 Å². The van der Waals surface area contributed by atoms with E-state index in [4.69, 9.17) is 21.1 Å². The summed E-state index contributed by atoms with van der Waals surface area (Å²) < 4.78 is 12.3. The zero-order valence-corrected chi connectivity index (χ0v) is 23.9. The van der Waals surface area contributed by atoms with E-state index in [0.29, 0.717) is 36.2 Å². The van der Waals surface area contributed by atoms with Gasteiger partial charge in [-0.25, -0.2) is 9.97 Å². The van der Waals surface area contributed by atoms with Crippen molar-refractivity contribution < 1.29 is 14.3 Å². The molecule has 6 rings (SSSR count). The summed E-state index contributed by atoms with van der Waals surface area (Å²) in [6.07, 6.45) is 3.61. The van der Waals surface area contributed by atoms with Crippen molar-refractivity contribution in [1.82, 2.24) is 25.2 Å². The van der Waals surface area contributed by atoms with Crippen molar-refractivity contribution in [2.75, 3.05) is 44.7 Å². The van der Waals surface area contributed by atoms with Crippen molar-refractivity contribution in [1.29, 1.82) is 0 Å². The predicted octanol–water partition coefficient (Wildman–Crippen LogP) is 5.21. The number of amides is 1. The molecule has 0 atom stereocenters. The lowest BCUT2D eigenvalue weighted by Crippen LogP contribution is -2.41. The number of rotatable bonds is 10. The van der Waals surface area contributed by atoms with E-state index in [0.717, 1.165) is 70.1 Å². The average Bonchev–Trinajstić information content (AvgIpc) is 3.36. The number of fused-ring (bicyclic) bond motifs is 3. The Morgan fingerprint density at radius 3 is 2.80 bits per heavy atom. The first kappa shape index (κ1) is 27.3. The fourth-order valence-corrected chi connectivity index (χ4v) is 6.09. The Bertz CT molecular complexity index is 1660. The molecule has 0 bridgehead atoms. The third-order valence-electron chi connectivity index (χ3n) is 6.85. The molecule has 1 aliphatic heterocycles. The van der Waals surface area contributed by atoms with E-state index < -0.39 is 0 Å². The monoisotopic (exact) mass is 588 g/mol. The molecule has 0 radical (unpaired) electrons. The Morgan fingerprint density at radius 2 is 1.98 bits per heavy atom. The summed E-state index contributed by atoms with van der Waals surface area (Å²) in [6, 6.07) is 17.3. The number of hydrogen-bond donors (Lipinski definition) is 2. The van der Waals surface area contributed by atoms with Crippen LogP contribution in [0.4, 0.5) is 11.5 Å². The SMILES string of the molecule is O=C(Cc1ccc2c(c1)sc1ncnc(Nc3ccc(OCc4ccccn4)c(Cl)c3)c12)NCCN1CCOCC1. The van der Waals surface area contributed by atoms with Gasteiger partial charge in [0.2, 0.25) is 5.91 Å². The zero-order valence-electron chi connectivity index (χ0n) is 22.3. The Hall–Kier alpha value is -3.83. The molecule has 3 aromatic heterocycles. The minimum Gasteiger partial charge on any atom is -0.486 e. The van der Waals surface area contributed by atoms with E-state index in [-0.39, 0.29) is 5.91 Å². The maximum Gasteiger partial charge on any atom is 0.224 e. The van der Waals surface area contributed by atoms with Gasteiger partial charge in [-0.2, -0.15) is 0 Å². The van der Waals surface area contributed by atoms with Crippen molar-refractivity contribution in [3.63, 3.8) is 0 Å². The van der Waals surface area contributed by atoms with Gasteiger partial charge in [-0.15, -0.1) is 11.3 Å². The van der Waals surface area contributed by atoms with Crippen molar-refractivity contribution >= 4 is 60.7 Å². The highest BCUT2D eigenvalue weighted by molar-refractivity contribution is 7.25. The fourth-order valence-electron chi connectivity index (χ4n) is 4.75.